The number of hydrogen-bond acceptors (Lipinski definition) is 5. The first-order chi connectivity index (χ1) is 6.79. The van der Waals surface area contributed by atoms with Crippen molar-refractivity contribution in [2.45, 2.75) is 11.7 Å². The SMILES string of the molecule is C=CC(=O)N1C(=O)CC(S(=O)(=O)O)C1=O. The van der Waals surface area contributed by atoms with Crippen LogP contribution in [0, 0.1) is 0 Å². The number of carbonyl (C=O) groups is 3. The van der Waals surface area contributed by atoms with Gasteiger partial charge in [0.05, 0.1) is 6.42 Å². The summed E-state index contributed by atoms with van der Waals surface area (Å²) in [5.41, 5.74) is 0. The highest BCUT2D eigenvalue weighted by molar-refractivity contribution is 7.87. The zero-order chi connectivity index (χ0) is 11.8. The number of carbonyl (C=O) groups excluding carboxylic acids is 3. The van der Waals surface area contributed by atoms with E-state index in [2.05, 4.69) is 6.58 Å². The second-order valence-corrected chi connectivity index (χ2v) is 4.42. The maximum atomic E-state index is 11.3. The fraction of sp³-hybridized carbons (Fsp3) is 0.286. The Hall–Kier alpha value is -1.54. The molecule has 1 heterocycles. The molecule has 82 valence electrons. The average molecular weight is 233 g/mol. The summed E-state index contributed by atoms with van der Waals surface area (Å²) in [6.45, 7) is 3.05. The topological polar surface area (TPSA) is 109 Å². The van der Waals surface area contributed by atoms with Crippen molar-refractivity contribution in [3.05, 3.63) is 12.7 Å². The number of nitrogens with zero attached hydrogens (tertiary/aromatic N) is 1. The number of imide groups is 3. The molecule has 1 aliphatic heterocycles. The quantitative estimate of drug-likeness (QED) is 0.361. The largest absolute Gasteiger partial charge is 0.285 e. The van der Waals surface area contributed by atoms with Crippen molar-refractivity contribution in [3.8, 4) is 0 Å². The highest BCUT2D eigenvalue weighted by Crippen LogP contribution is 2.19. The highest BCUT2D eigenvalue weighted by Gasteiger charge is 2.47. The molecule has 0 aromatic carbocycles. The van der Waals surface area contributed by atoms with Crippen molar-refractivity contribution in [1.82, 2.24) is 4.90 Å². The Bertz CT molecular complexity index is 450. The first-order valence-electron chi connectivity index (χ1n) is 3.78. The van der Waals surface area contributed by atoms with Crippen LogP contribution in [0.2, 0.25) is 0 Å². The molecule has 1 atom stereocenters. The van der Waals surface area contributed by atoms with Crippen LogP contribution in [0.25, 0.3) is 0 Å². The van der Waals surface area contributed by atoms with Gasteiger partial charge in [0.2, 0.25) is 5.91 Å². The van der Waals surface area contributed by atoms with Gasteiger partial charge in [-0.1, -0.05) is 6.58 Å². The Morgan fingerprint density at radius 3 is 2.40 bits per heavy atom. The van der Waals surface area contributed by atoms with Crippen LogP contribution in [0.4, 0.5) is 0 Å². The van der Waals surface area contributed by atoms with Crippen molar-refractivity contribution < 1.29 is 27.4 Å². The molecule has 0 radical (unpaired) electrons. The summed E-state index contributed by atoms with van der Waals surface area (Å²) in [6.07, 6.45) is -0.0145. The average Bonchev–Trinajstić information content (AvgIpc) is 2.40. The van der Waals surface area contributed by atoms with Crippen LogP contribution in [0.1, 0.15) is 6.42 Å². The van der Waals surface area contributed by atoms with Gasteiger partial charge in [-0.3, -0.25) is 18.9 Å². The molecule has 7 nitrogen and oxygen atoms in total. The zero-order valence-electron chi connectivity index (χ0n) is 7.41. The maximum Gasteiger partial charge on any atom is 0.277 e. The minimum absolute atomic E-state index is 0.158. The van der Waals surface area contributed by atoms with E-state index >= 15 is 0 Å². The summed E-state index contributed by atoms with van der Waals surface area (Å²) in [5.74, 6) is -3.21. The zero-order valence-corrected chi connectivity index (χ0v) is 8.23. The lowest BCUT2D eigenvalue weighted by Crippen LogP contribution is -2.38. The van der Waals surface area contributed by atoms with Gasteiger partial charge < -0.3 is 0 Å². The standard InChI is InChI=1S/C7H7NO6S/c1-2-5(9)8-6(10)3-4(7(8)11)15(12,13)14/h2,4H,1,3H2,(H,12,13,14). The van der Waals surface area contributed by atoms with Gasteiger partial charge in [0.1, 0.15) is 0 Å². The van der Waals surface area contributed by atoms with E-state index in [0.29, 0.717) is 6.08 Å². The summed E-state index contributed by atoms with van der Waals surface area (Å²) >= 11 is 0. The van der Waals surface area contributed by atoms with Gasteiger partial charge in [0.15, 0.2) is 5.25 Å². The van der Waals surface area contributed by atoms with E-state index in [1.807, 2.05) is 0 Å². The van der Waals surface area contributed by atoms with Crippen molar-refractivity contribution in [1.29, 1.82) is 0 Å². The van der Waals surface area contributed by atoms with Crippen LogP contribution in [-0.4, -0.2) is 40.8 Å². The predicted molar refractivity (Wildman–Crippen MR) is 47.0 cm³/mol. The van der Waals surface area contributed by atoms with Gasteiger partial charge in [-0.15, -0.1) is 0 Å². The van der Waals surface area contributed by atoms with Crippen LogP contribution in [0.3, 0.4) is 0 Å². The van der Waals surface area contributed by atoms with Crippen LogP contribution >= 0.6 is 0 Å². The third-order valence-electron chi connectivity index (χ3n) is 1.86. The monoisotopic (exact) mass is 233 g/mol. The third kappa shape index (κ3) is 1.95. The Morgan fingerprint density at radius 1 is 1.53 bits per heavy atom. The fourth-order valence-corrected chi connectivity index (χ4v) is 1.87. The Balaban J connectivity index is 3.09. The van der Waals surface area contributed by atoms with Crippen LogP contribution < -0.4 is 0 Å². The first kappa shape index (κ1) is 11.5. The molecule has 1 unspecified atom stereocenters. The first-order valence-corrected chi connectivity index (χ1v) is 5.29. The molecule has 0 aromatic heterocycles. The van der Waals surface area contributed by atoms with E-state index in [0.717, 1.165) is 0 Å². The van der Waals surface area contributed by atoms with Gasteiger partial charge in [0, 0.05) is 0 Å². The fourth-order valence-electron chi connectivity index (χ4n) is 1.16. The lowest BCUT2D eigenvalue weighted by atomic mass is 10.4. The molecular formula is C7H7NO6S. The van der Waals surface area contributed by atoms with Gasteiger partial charge in [-0.25, -0.2) is 4.90 Å². The second kappa shape index (κ2) is 3.55. The van der Waals surface area contributed by atoms with Gasteiger partial charge >= 0.3 is 0 Å². The number of likely N-dealkylation sites (tertiary alicyclic amines) is 1. The van der Waals surface area contributed by atoms with Gasteiger partial charge in [-0.05, 0) is 6.08 Å². The van der Waals surface area contributed by atoms with Crippen LogP contribution in [-0.2, 0) is 24.5 Å². The summed E-state index contributed by atoms with van der Waals surface area (Å²) in [4.78, 5) is 33.5. The van der Waals surface area contributed by atoms with Crippen molar-refractivity contribution in [2.24, 2.45) is 0 Å². The maximum absolute atomic E-state index is 11.3. The molecule has 0 spiro atoms. The molecule has 0 aliphatic carbocycles. The van der Waals surface area contributed by atoms with E-state index in [9.17, 15) is 22.8 Å². The molecule has 1 aliphatic rings. The Morgan fingerprint density at radius 2 is 2.07 bits per heavy atom. The Kier molecular flexibility index (Phi) is 2.73. The molecular weight excluding hydrogens is 226 g/mol. The molecule has 8 heteroatoms. The molecule has 1 fully saturated rings. The van der Waals surface area contributed by atoms with E-state index in [4.69, 9.17) is 4.55 Å². The number of amides is 3. The summed E-state index contributed by atoms with van der Waals surface area (Å²) in [7, 11) is -4.66. The predicted octanol–water partition coefficient (Wildman–Crippen LogP) is -1.29. The van der Waals surface area contributed by atoms with Crippen molar-refractivity contribution >= 4 is 27.8 Å². The summed E-state index contributed by atoms with van der Waals surface area (Å²) in [6, 6.07) is 0. The third-order valence-corrected chi connectivity index (χ3v) is 2.95. The minimum atomic E-state index is -4.66. The van der Waals surface area contributed by atoms with Gasteiger partial charge in [-0.2, -0.15) is 8.42 Å². The lowest BCUT2D eigenvalue weighted by Gasteiger charge is -2.08. The normalized spacial score (nSPS) is 21.9. The molecule has 0 aromatic rings. The van der Waals surface area contributed by atoms with Gasteiger partial charge in [0.25, 0.3) is 21.9 Å². The van der Waals surface area contributed by atoms with Crippen LogP contribution in [0.15, 0.2) is 12.7 Å². The van der Waals surface area contributed by atoms with Crippen molar-refractivity contribution in [3.63, 3.8) is 0 Å². The molecule has 3 amide bonds. The number of rotatable bonds is 2. The Labute approximate surface area is 85.1 Å². The summed E-state index contributed by atoms with van der Waals surface area (Å²) in [5, 5.41) is -1.88. The van der Waals surface area contributed by atoms with E-state index < -0.39 is 39.5 Å². The molecule has 1 rings (SSSR count). The number of hydrogen-bond donors (Lipinski definition) is 1. The highest BCUT2D eigenvalue weighted by atomic mass is 32.2. The smallest absolute Gasteiger partial charge is 0.277 e. The molecule has 1 N–H and O–H groups in total. The second-order valence-electron chi connectivity index (χ2n) is 2.82. The molecule has 1 saturated heterocycles. The lowest BCUT2D eigenvalue weighted by molar-refractivity contribution is -0.146. The van der Waals surface area contributed by atoms with Crippen molar-refractivity contribution in [2.75, 3.05) is 0 Å². The molecule has 15 heavy (non-hydrogen) atoms. The molecule has 0 bridgehead atoms. The van der Waals surface area contributed by atoms with E-state index in [-0.39, 0.29) is 4.90 Å². The van der Waals surface area contributed by atoms with E-state index in [1.54, 1.807) is 0 Å². The van der Waals surface area contributed by atoms with E-state index in [1.165, 1.54) is 0 Å². The molecule has 0 saturated carbocycles. The summed E-state index contributed by atoms with van der Waals surface area (Å²) < 4.78 is 29.9. The van der Waals surface area contributed by atoms with Crippen LogP contribution in [0.5, 0.6) is 0 Å². The minimum Gasteiger partial charge on any atom is -0.285 e.